The topological polar surface area (TPSA) is 55.1 Å². The number of hydrogen-bond acceptors (Lipinski definition) is 3. The van der Waals surface area contributed by atoms with Crippen molar-refractivity contribution in [2.45, 2.75) is 51.1 Å². The highest BCUT2D eigenvalue weighted by molar-refractivity contribution is 5.95. The van der Waals surface area contributed by atoms with Gasteiger partial charge in [0.15, 0.2) is 5.78 Å². The number of anilines is 1. The van der Waals surface area contributed by atoms with Crippen LogP contribution in [-0.4, -0.2) is 11.8 Å². The van der Waals surface area contributed by atoms with Gasteiger partial charge in [-0.15, -0.1) is 0 Å². The van der Waals surface area contributed by atoms with Crippen LogP contribution in [-0.2, 0) is 17.8 Å². The number of rotatable bonds is 7. The second kappa shape index (κ2) is 9.35. The number of carbonyl (C=O) groups excluding carboxylic acids is 1. The third-order valence-electron chi connectivity index (χ3n) is 5.06. The first-order valence-electron chi connectivity index (χ1n) is 9.57. The number of nitrogen functional groups attached to an aromatic ring is 1. The van der Waals surface area contributed by atoms with E-state index < -0.39 is 0 Å². The summed E-state index contributed by atoms with van der Waals surface area (Å²) in [5.41, 5.74) is 9.77. The summed E-state index contributed by atoms with van der Waals surface area (Å²) in [6.07, 6.45) is 10.5. The van der Waals surface area contributed by atoms with Crippen molar-refractivity contribution in [3.05, 3.63) is 71.3 Å². The van der Waals surface area contributed by atoms with Gasteiger partial charge < -0.3 is 11.1 Å². The van der Waals surface area contributed by atoms with E-state index in [1.165, 1.54) is 37.7 Å². The molecule has 0 amide bonds. The highest BCUT2D eigenvalue weighted by Gasteiger charge is 2.12. The summed E-state index contributed by atoms with van der Waals surface area (Å²) in [6.45, 7) is 0.918. The van der Waals surface area contributed by atoms with Crippen LogP contribution in [0.4, 0.5) is 5.69 Å². The van der Waals surface area contributed by atoms with Crippen molar-refractivity contribution in [3.63, 3.8) is 0 Å². The fourth-order valence-electron chi connectivity index (χ4n) is 3.45. The second-order valence-corrected chi connectivity index (χ2v) is 7.13. The van der Waals surface area contributed by atoms with Crippen LogP contribution in [0.3, 0.4) is 0 Å². The predicted molar refractivity (Wildman–Crippen MR) is 109 cm³/mol. The molecule has 0 unspecified atom stereocenters. The maximum Gasteiger partial charge on any atom is 0.160 e. The molecular weight excluding hydrogens is 320 g/mol. The maximum absolute atomic E-state index is 12.1. The lowest BCUT2D eigenvalue weighted by Gasteiger charge is -2.22. The Labute approximate surface area is 156 Å². The van der Waals surface area contributed by atoms with Crippen molar-refractivity contribution in [3.8, 4) is 0 Å². The molecule has 0 radical (unpaired) electrons. The van der Waals surface area contributed by atoms with Crippen LogP contribution >= 0.6 is 0 Å². The number of benzene rings is 2. The number of para-hydroxylation sites is 1. The smallest absolute Gasteiger partial charge is 0.160 e. The summed E-state index contributed by atoms with van der Waals surface area (Å²) in [4.78, 5) is 12.1. The standard InChI is InChI=1S/C23H28N2O/c24-23-9-5-4-6-20(23)16-22(26)15-14-18-10-12-19(13-11-18)17-25-21-7-2-1-3-8-21/h4-6,9-15,21,25H,1-3,7-8,16-17,24H2/b15-14+. The van der Waals surface area contributed by atoms with Gasteiger partial charge in [0.1, 0.15) is 0 Å². The van der Waals surface area contributed by atoms with Gasteiger partial charge in [0.05, 0.1) is 0 Å². The van der Waals surface area contributed by atoms with E-state index in [2.05, 4.69) is 29.6 Å². The molecule has 1 aliphatic rings. The van der Waals surface area contributed by atoms with Crippen LogP contribution in [0.15, 0.2) is 54.6 Å². The molecule has 0 aliphatic heterocycles. The van der Waals surface area contributed by atoms with Crippen molar-refractivity contribution >= 4 is 17.5 Å². The van der Waals surface area contributed by atoms with Crippen molar-refractivity contribution in [2.75, 3.05) is 5.73 Å². The van der Waals surface area contributed by atoms with Crippen molar-refractivity contribution in [1.29, 1.82) is 0 Å². The number of hydrogen-bond donors (Lipinski definition) is 2. The minimum Gasteiger partial charge on any atom is -0.398 e. The molecule has 1 saturated carbocycles. The van der Waals surface area contributed by atoms with E-state index in [1.54, 1.807) is 6.08 Å². The van der Waals surface area contributed by atoms with Crippen LogP contribution in [0.1, 0.15) is 48.8 Å². The lowest BCUT2D eigenvalue weighted by Crippen LogP contribution is -2.30. The average Bonchev–Trinajstić information content (AvgIpc) is 2.68. The molecule has 3 N–H and O–H groups in total. The minimum atomic E-state index is 0.0611. The first kappa shape index (κ1) is 18.4. The van der Waals surface area contributed by atoms with E-state index in [1.807, 2.05) is 30.3 Å². The van der Waals surface area contributed by atoms with E-state index >= 15 is 0 Å². The lowest BCUT2D eigenvalue weighted by atomic mass is 9.95. The molecule has 3 rings (SSSR count). The Balaban J connectivity index is 1.49. The van der Waals surface area contributed by atoms with Gasteiger partial charge in [-0.25, -0.2) is 0 Å². The number of nitrogens with two attached hydrogens (primary N) is 1. The van der Waals surface area contributed by atoms with E-state index in [-0.39, 0.29) is 5.78 Å². The van der Waals surface area contributed by atoms with Gasteiger partial charge in [-0.05, 0) is 41.7 Å². The summed E-state index contributed by atoms with van der Waals surface area (Å²) in [5, 5.41) is 3.66. The van der Waals surface area contributed by atoms with Gasteiger partial charge in [0.2, 0.25) is 0 Å². The van der Waals surface area contributed by atoms with Crippen LogP contribution in [0.2, 0.25) is 0 Å². The first-order chi connectivity index (χ1) is 12.7. The molecule has 1 aliphatic carbocycles. The molecule has 3 heteroatoms. The molecule has 3 nitrogen and oxygen atoms in total. The molecule has 26 heavy (non-hydrogen) atoms. The Bertz CT molecular complexity index is 743. The monoisotopic (exact) mass is 348 g/mol. The summed E-state index contributed by atoms with van der Waals surface area (Å²) in [7, 11) is 0. The normalized spacial score (nSPS) is 15.4. The van der Waals surface area contributed by atoms with Gasteiger partial charge in [0.25, 0.3) is 0 Å². The van der Waals surface area contributed by atoms with Gasteiger partial charge in [-0.3, -0.25) is 4.79 Å². The first-order valence-corrected chi connectivity index (χ1v) is 9.57. The third-order valence-corrected chi connectivity index (χ3v) is 5.06. The molecule has 2 aromatic carbocycles. The Morgan fingerprint density at radius 3 is 2.50 bits per heavy atom. The van der Waals surface area contributed by atoms with Crippen LogP contribution in [0, 0.1) is 0 Å². The molecule has 2 aromatic rings. The third kappa shape index (κ3) is 5.57. The lowest BCUT2D eigenvalue weighted by molar-refractivity contribution is -0.113. The molecule has 1 fully saturated rings. The van der Waals surface area contributed by atoms with Crippen molar-refractivity contribution in [2.24, 2.45) is 0 Å². The molecule has 0 bridgehead atoms. The van der Waals surface area contributed by atoms with Gasteiger partial charge in [0, 0.05) is 24.7 Å². The molecular formula is C23H28N2O. The molecule has 136 valence electrons. The van der Waals surface area contributed by atoms with Gasteiger partial charge in [-0.2, -0.15) is 0 Å². The highest BCUT2D eigenvalue weighted by atomic mass is 16.1. The number of allylic oxidation sites excluding steroid dienone is 1. The fraction of sp³-hybridized carbons (Fsp3) is 0.348. The quantitative estimate of drug-likeness (QED) is 0.571. The van der Waals surface area contributed by atoms with Crippen LogP contribution in [0.25, 0.3) is 6.08 Å². The van der Waals surface area contributed by atoms with Gasteiger partial charge in [-0.1, -0.05) is 67.8 Å². The Kier molecular flexibility index (Phi) is 6.62. The highest BCUT2D eigenvalue weighted by Crippen LogP contribution is 2.18. The number of ketones is 1. The molecule has 0 atom stereocenters. The van der Waals surface area contributed by atoms with E-state index in [0.29, 0.717) is 18.2 Å². The zero-order chi connectivity index (χ0) is 18.2. The Hall–Kier alpha value is -2.39. The zero-order valence-corrected chi connectivity index (χ0v) is 15.3. The van der Waals surface area contributed by atoms with E-state index in [0.717, 1.165) is 17.7 Å². The van der Waals surface area contributed by atoms with Gasteiger partial charge >= 0.3 is 0 Å². The largest absolute Gasteiger partial charge is 0.398 e. The maximum atomic E-state index is 12.1. The predicted octanol–water partition coefficient (Wildman–Crippen LogP) is 4.52. The number of nitrogens with one attached hydrogen (secondary N) is 1. The van der Waals surface area contributed by atoms with Crippen LogP contribution in [0.5, 0.6) is 0 Å². The molecule has 0 aromatic heterocycles. The average molecular weight is 348 g/mol. The summed E-state index contributed by atoms with van der Waals surface area (Å²) < 4.78 is 0. The Morgan fingerprint density at radius 1 is 1.04 bits per heavy atom. The zero-order valence-electron chi connectivity index (χ0n) is 15.3. The van der Waals surface area contributed by atoms with Crippen molar-refractivity contribution < 1.29 is 4.79 Å². The van der Waals surface area contributed by atoms with Crippen molar-refractivity contribution in [1.82, 2.24) is 5.32 Å². The van der Waals surface area contributed by atoms with Crippen LogP contribution < -0.4 is 11.1 Å². The Morgan fingerprint density at radius 2 is 1.77 bits per heavy atom. The minimum absolute atomic E-state index is 0.0611. The number of carbonyl (C=O) groups is 1. The van der Waals surface area contributed by atoms with E-state index in [4.69, 9.17) is 5.73 Å². The summed E-state index contributed by atoms with van der Waals surface area (Å²) in [6, 6.07) is 16.6. The molecule has 0 heterocycles. The summed E-state index contributed by atoms with van der Waals surface area (Å²) in [5.74, 6) is 0.0611. The summed E-state index contributed by atoms with van der Waals surface area (Å²) >= 11 is 0. The molecule has 0 spiro atoms. The fourth-order valence-corrected chi connectivity index (χ4v) is 3.45. The second-order valence-electron chi connectivity index (χ2n) is 7.13. The van der Waals surface area contributed by atoms with E-state index in [9.17, 15) is 4.79 Å². The SMILES string of the molecule is Nc1ccccc1CC(=O)/C=C/c1ccc(CNC2CCCCC2)cc1. The molecule has 0 saturated heterocycles.